The van der Waals surface area contributed by atoms with Crippen LogP contribution in [0.1, 0.15) is 43.5 Å². The fourth-order valence-corrected chi connectivity index (χ4v) is 3.06. The second kappa shape index (κ2) is 5.06. The van der Waals surface area contributed by atoms with Gasteiger partial charge in [-0.15, -0.1) is 0 Å². The lowest BCUT2D eigenvalue weighted by molar-refractivity contribution is 0.424. The van der Waals surface area contributed by atoms with Gasteiger partial charge >= 0.3 is 0 Å². The number of aryl methyl sites for hydroxylation is 1. The van der Waals surface area contributed by atoms with Gasteiger partial charge in [-0.05, 0) is 63.8 Å². The lowest BCUT2D eigenvalue weighted by Crippen LogP contribution is -2.35. The summed E-state index contributed by atoms with van der Waals surface area (Å²) >= 11 is 0. The van der Waals surface area contributed by atoms with Gasteiger partial charge in [0.25, 0.3) is 0 Å². The fourth-order valence-electron chi connectivity index (χ4n) is 3.06. The average Bonchev–Trinajstić information content (AvgIpc) is 2.97. The van der Waals surface area contributed by atoms with Gasteiger partial charge in [-0.1, -0.05) is 12.1 Å². The quantitative estimate of drug-likeness (QED) is 0.927. The molecule has 1 aromatic heterocycles. The summed E-state index contributed by atoms with van der Waals surface area (Å²) in [7, 11) is 2.00. The largest absolute Gasteiger partial charge is 0.310 e. The molecule has 0 amide bonds. The molecular formula is C17H23N3. The Bertz CT molecular complexity index is 610. The first-order valence-electron chi connectivity index (χ1n) is 7.46. The zero-order valence-corrected chi connectivity index (χ0v) is 12.6. The number of imidazole rings is 1. The molecule has 20 heavy (non-hydrogen) atoms. The highest BCUT2D eigenvalue weighted by Crippen LogP contribution is 2.30. The standard InChI is InChI=1S/C17H23N3/c1-17(2,18-3)16-11-19-12-20(16)15-10-6-8-13-7-4-5-9-14(13)15/h6,8,10-12,18H,4-5,7,9H2,1-3H3. The molecule has 0 aliphatic heterocycles. The van der Waals surface area contributed by atoms with Crippen molar-refractivity contribution < 1.29 is 0 Å². The highest BCUT2D eigenvalue weighted by molar-refractivity contribution is 5.48. The molecule has 3 heteroatoms. The maximum absolute atomic E-state index is 4.38. The summed E-state index contributed by atoms with van der Waals surface area (Å²) in [5.41, 5.74) is 5.44. The average molecular weight is 269 g/mol. The highest BCUT2D eigenvalue weighted by atomic mass is 15.1. The molecule has 0 saturated heterocycles. The van der Waals surface area contributed by atoms with Crippen LogP contribution in [0.4, 0.5) is 0 Å². The Balaban J connectivity index is 2.13. The van der Waals surface area contributed by atoms with Crippen molar-refractivity contribution in [3.8, 4) is 5.69 Å². The minimum Gasteiger partial charge on any atom is -0.310 e. The van der Waals surface area contributed by atoms with E-state index in [2.05, 4.69) is 46.9 Å². The van der Waals surface area contributed by atoms with Crippen molar-refractivity contribution in [1.29, 1.82) is 0 Å². The van der Waals surface area contributed by atoms with Gasteiger partial charge < -0.3 is 9.88 Å². The number of hydrogen-bond donors (Lipinski definition) is 1. The van der Waals surface area contributed by atoms with Crippen LogP contribution in [0.3, 0.4) is 0 Å². The normalized spacial score (nSPS) is 15.2. The predicted octanol–water partition coefficient (Wildman–Crippen LogP) is 3.21. The van der Waals surface area contributed by atoms with E-state index >= 15 is 0 Å². The molecule has 1 aliphatic carbocycles. The van der Waals surface area contributed by atoms with Crippen molar-refractivity contribution in [3.63, 3.8) is 0 Å². The smallest absolute Gasteiger partial charge is 0.0994 e. The van der Waals surface area contributed by atoms with Crippen LogP contribution >= 0.6 is 0 Å². The monoisotopic (exact) mass is 269 g/mol. The molecule has 0 fully saturated rings. The van der Waals surface area contributed by atoms with E-state index < -0.39 is 0 Å². The molecule has 1 N–H and O–H groups in total. The van der Waals surface area contributed by atoms with Gasteiger partial charge in [-0.25, -0.2) is 4.98 Å². The summed E-state index contributed by atoms with van der Waals surface area (Å²) in [6, 6.07) is 6.68. The van der Waals surface area contributed by atoms with E-state index in [1.54, 1.807) is 0 Å². The first-order valence-corrected chi connectivity index (χ1v) is 7.46. The minimum absolute atomic E-state index is 0.0894. The third-order valence-electron chi connectivity index (χ3n) is 4.53. The van der Waals surface area contributed by atoms with Gasteiger partial charge in [0.1, 0.15) is 0 Å². The van der Waals surface area contributed by atoms with E-state index in [-0.39, 0.29) is 5.54 Å². The lowest BCUT2D eigenvalue weighted by atomic mass is 9.90. The van der Waals surface area contributed by atoms with Crippen LogP contribution in [0, 0.1) is 0 Å². The SMILES string of the molecule is CNC(C)(C)c1cncn1-c1cccc2c1CCCC2. The second-order valence-electron chi connectivity index (χ2n) is 6.15. The van der Waals surface area contributed by atoms with Gasteiger partial charge in [0.2, 0.25) is 0 Å². The summed E-state index contributed by atoms with van der Waals surface area (Å²) in [5.74, 6) is 0. The third kappa shape index (κ3) is 2.16. The maximum Gasteiger partial charge on any atom is 0.0994 e. The van der Waals surface area contributed by atoms with Gasteiger partial charge in [-0.2, -0.15) is 0 Å². The van der Waals surface area contributed by atoms with Crippen LogP contribution < -0.4 is 5.32 Å². The summed E-state index contributed by atoms with van der Waals surface area (Å²) in [6.07, 6.45) is 8.92. The summed E-state index contributed by atoms with van der Waals surface area (Å²) in [6.45, 7) is 4.38. The fraction of sp³-hybridized carbons (Fsp3) is 0.471. The van der Waals surface area contributed by atoms with E-state index in [0.717, 1.165) is 0 Å². The summed E-state index contributed by atoms with van der Waals surface area (Å²) < 4.78 is 2.25. The van der Waals surface area contributed by atoms with Gasteiger partial charge in [0, 0.05) is 0 Å². The Morgan fingerprint density at radius 3 is 2.80 bits per heavy atom. The molecule has 1 aromatic carbocycles. The van der Waals surface area contributed by atoms with Gasteiger partial charge in [-0.3, -0.25) is 0 Å². The van der Waals surface area contributed by atoms with E-state index in [1.165, 1.54) is 48.2 Å². The van der Waals surface area contributed by atoms with Gasteiger partial charge in [0.05, 0.1) is 29.4 Å². The molecular weight excluding hydrogens is 246 g/mol. The number of rotatable bonds is 3. The topological polar surface area (TPSA) is 29.9 Å². The van der Waals surface area contributed by atoms with Crippen LogP contribution in [0.2, 0.25) is 0 Å². The predicted molar refractivity (Wildman–Crippen MR) is 82.3 cm³/mol. The highest BCUT2D eigenvalue weighted by Gasteiger charge is 2.24. The van der Waals surface area contributed by atoms with Crippen molar-refractivity contribution in [2.24, 2.45) is 0 Å². The molecule has 1 heterocycles. The molecule has 0 unspecified atom stereocenters. The van der Waals surface area contributed by atoms with Crippen molar-refractivity contribution in [2.75, 3.05) is 7.05 Å². The van der Waals surface area contributed by atoms with Crippen LogP contribution in [0.25, 0.3) is 5.69 Å². The molecule has 3 rings (SSSR count). The molecule has 2 aromatic rings. The molecule has 0 saturated carbocycles. The Kier molecular flexibility index (Phi) is 3.38. The second-order valence-corrected chi connectivity index (χ2v) is 6.15. The first-order chi connectivity index (χ1) is 9.63. The molecule has 0 spiro atoms. The molecule has 1 aliphatic rings. The summed E-state index contributed by atoms with van der Waals surface area (Å²) in [4.78, 5) is 4.38. The lowest BCUT2D eigenvalue weighted by Gasteiger charge is -2.27. The van der Waals surface area contributed by atoms with Gasteiger partial charge in [0.15, 0.2) is 0 Å². The number of hydrogen-bond acceptors (Lipinski definition) is 2. The van der Waals surface area contributed by atoms with Crippen molar-refractivity contribution >= 4 is 0 Å². The zero-order valence-electron chi connectivity index (χ0n) is 12.6. The van der Waals surface area contributed by atoms with Crippen molar-refractivity contribution in [2.45, 2.75) is 45.1 Å². The molecule has 106 valence electrons. The molecule has 0 radical (unpaired) electrons. The van der Waals surface area contributed by atoms with Crippen molar-refractivity contribution in [1.82, 2.24) is 14.9 Å². The van der Waals surface area contributed by atoms with E-state index in [0.29, 0.717) is 0 Å². The van der Waals surface area contributed by atoms with Crippen molar-refractivity contribution in [3.05, 3.63) is 47.5 Å². The Morgan fingerprint density at radius 2 is 2.00 bits per heavy atom. The molecule has 0 atom stereocenters. The summed E-state index contributed by atoms with van der Waals surface area (Å²) in [5, 5.41) is 3.37. The number of aromatic nitrogens is 2. The van der Waals surface area contributed by atoms with E-state index in [4.69, 9.17) is 0 Å². The number of nitrogens with zero attached hydrogens (tertiary/aromatic N) is 2. The Hall–Kier alpha value is -1.61. The van der Waals surface area contributed by atoms with E-state index in [9.17, 15) is 0 Å². The maximum atomic E-state index is 4.38. The van der Waals surface area contributed by atoms with Crippen LogP contribution in [0.5, 0.6) is 0 Å². The number of fused-ring (bicyclic) bond motifs is 1. The zero-order chi connectivity index (χ0) is 14.2. The van der Waals surface area contributed by atoms with Crippen LogP contribution in [0.15, 0.2) is 30.7 Å². The van der Waals surface area contributed by atoms with Crippen LogP contribution in [-0.4, -0.2) is 16.6 Å². The molecule has 3 nitrogen and oxygen atoms in total. The van der Waals surface area contributed by atoms with E-state index in [1.807, 2.05) is 19.6 Å². The molecule has 0 bridgehead atoms. The number of benzene rings is 1. The Labute approximate surface area is 121 Å². The first kappa shape index (κ1) is 13.4. The number of nitrogens with one attached hydrogen (secondary N) is 1. The third-order valence-corrected chi connectivity index (χ3v) is 4.53. The minimum atomic E-state index is -0.0894. The Morgan fingerprint density at radius 1 is 1.20 bits per heavy atom. The van der Waals surface area contributed by atoms with Crippen LogP contribution in [-0.2, 0) is 18.4 Å².